The van der Waals surface area contributed by atoms with E-state index < -0.39 is 5.97 Å². The van der Waals surface area contributed by atoms with Crippen molar-refractivity contribution in [3.8, 4) is 11.6 Å². The Kier molecular flexibility index (Phi) is 5.66. The predicted octanol–water partition coefficient (Wildman–Crippen LogP) is 2.91. The molecule has 0 unspecified atom stereocenters. The number of nitrogens with zero attached hydrogens (tertiary/aromatic N) is 3. The number of anilines is 1. The highest BCUT2D eigenvalue weighted by Gasteiger charge is 2.13. The van der Waals surface area contributed by atoms with Gasteiger partial charge in [-0.05, 0) is 49.5 Å². The molecule has 9 heteroatoms. The van der Waals surface area contributed by atoms with Gasteiger partial charge in [0.25, 0.3) is 0 Å². The number of hydrogen-bond donors (Lipinski definition) is 4. The molecule has 2 aromatic carbocycles. The second kappa shape index (κ2) is 8.31. The maximum absolute atomic E-state index is 11.0. The van der Waals surface area contributed by atoms with Gasteiger partial charge in [-0.3, -0.25) is 5.43 Å². The number of hydrogen-bond acceptors (Lipinski definition) is 5. The first-order chi connectivity index (χ1) is 13.5. The molecule has 8 nitrogen and oxygen atoms in total. The summed E-state index contributed by atoms with van der Waals surface area (Å²) in [5, 5.41) is 30.8. The lowest BCUT2D eigenvalue weighted by Crippen LogP contribution is -2.24. The average molecular weight is 395 g/mol. The van der Waals surface area contributed by atoms with Gasteiger partial charge in [-0.2, -0.15) is 10.2 Å². The number of carbonyl (C=O) groups is 1. The highest BCUT2D eigenvalue weighted by molar-refractivity contribution is 7.80. The molecule has 0 radical (unpaired) electrons. The van der Waals surface area contributed by atoms with E-state index in [9.17, 15) is 9.90 Å². The van der Waals surface area contributed by atoms with Crippen LogP contribution in [0.4, 0.5) is 5.69 Å². The van der Waals surface area contributed by atoms with Crippen molar-refractivity contribution in [2.75, 3.05) is 5.32 Å². The number of carboxylic acids is 1. The zero-order chi connectivity index (χ0) is 20.1. The normalized spacial score (nSPS) is 10.8. The second-order valence-corrected chi connectivity index (χ2v) is 6.19. The van der Waals surface area contributed by atoms with Crippen LogP contribution in [-0.4, -0.2) is 37.3 Å². The summed E-state index contributed by atoms with van der Waals surface area (Å²) in [6.07, 6.45) is 1.42. The number of thiocarbonyl (C=S) groups is 1. The summed E-state index contributed by atoms with van der Waals surface area (Å²) in [5.41, 5.74) is 5.06. The minimum atomic E-state index is -1.03. The van der Waals surface area contributed by atoms with Gasteiger partial charge in [0.1, 0.15) is 0 Å². The third-order valence-corrected chi connectivity index (χ3v) is 4.00. The number of hydrazone groups is 1. The molecule has 28 heavy (non-hydrogen) atoms. The van der Waals surface area contributed by atoms with Gasteiger partial charge in [0, 0.05) is 5.69 Å². The van der Waals surface area contributed by atoms with Crippen molar-refractivity contribution >= 4 is 35.2 Å². The Balaban J connectivity index is 1.68. The van der Waals surface area contributed by atoms with Crippen molar-refractivity contribution in [1.82, 2.24) is 15.2 Å². The molecule has 0 amide bonds. The Morgan fingerprint density at radius 3 is 2.68 bits per heavy atom. The number of carboxylic acid groups (broad SMARTS) is 1. The van der Waals surface area contributed by atoms with Gasteiger partial charge in [-0.15, -0.1) is 0 Å². The summed E-state index contributed by atoms with van der Waals surface area (Å²) in [5.74, 6) is -1.07. The Bertz CT molecular complexity index is 1050. The van der Waals surface area contributed by atoms with Crippen LogP contribution in [0.15, 0.2) is 59.7 Å². The summed E-state index contributed by atoms with van der Waals surface area (Å²) >= 11 is 5.14. The fraction of sp³-hybridized carbons (Fsp3) is 0.0526. The maximum atomic E-state index is 11.0. The fourth-order valence-electron chi connectivity index (χ4n) is 2.47. The highest BCUT2D eigenvalue weighted by atomic mass is 32.1. The number of aromatic nitrogens is 2. The molecule has 0 aliphatic rings. The molecule has 0 spiro atoms. The molecule has 3 aromatic rings. The van der Waals surface area contributed by atoms with Crippen LogP contribution in [0.1, 0.15) is 21.6 Å². The minimum Gasteiger partial charge on any atom is -0.493 e. The van der Waals surface area contributed by atoms with Crippen LogP contribution in [0.25, 0.3) is 5.69 Å². The smallest absolute Gasteiger partial charge is 0.335 e. The lowest BCUT2D eigenvalue weighted by atomic mass is 10.2. The third-order valence-electron chi connectivity index (χ3n) is 3.81. The quantitative estimate of drug-likeness (QED) is 0.299. The molecule has 0 saturated carbocycles. The average Bonchev–Trinajstić information content (AvgIpc) is 2.97. The van der Waals surface area contributed by atoms with Crippen molar-refractivity contribution in [3.63, 3.8) is 0 Å². The van der Waals surface area contributed by atoms with Gasteiger partial charge in [0.2, 0.25) is 5.88 Å². The molecule has 0 atom stereocenters. The van der Waals surface area contributed by atoms with Crippen molar-refractivity contribution < 1.29 is 15.0 Å². The molecule has 0 aliphatic heterocycles. The van der Waals surface area contributed by atoms with Crippen molar-refractivity contribution in [1.29, 1.82) is 0 Å². The number of nitrogens with one attached hydrogen (secondary N) is 2. The Hall–Kier alpha value is -3.72. The predicted molar refractivity (Wildman–Crippen MR) is 110 cm³/mol. The van der Waals surface area contributed by atoms with Crippen LogP contribution < -0.4 is 10.7 Å². The van der Waals surface area contributed by atoms with Gasteiger partial charge in [0.15, 0.2) is 5.11 Å². The number of aromatic carboxylic acids is 1. The largest absolute Gasteiger partial charge is 0.493 e. The van der Waals surface area contributed by atoms with E-state index in [1.54, 1.807) is 19.1 Å². The van der Waals surface area contributed by atoms with E-state index in [4.69, 9.17) is 17.3 Å². The van der Waals surface area contributed by atoms with Crippen LogP contribution in [-0.2, 0) is 0 Å². The first-order valence-electron chi connectivity index (χ1n) is 8.23. The molecule has 0 saturated heterocycles. The SMILES string of the molecule is Cc1nn(-c2ccccc2)c(O)c1C=NNC(=S)Nc1cccc(C(=O)O)c1. The van der Waals surface area contributed by atoms with Crippen LogP contribution in [0, 0.1) is 6.92 Å². The summed E-state index contributed by atoms with van der Waals surface area (Å²) in [6, 6.07) is 15.5. The Morgan fingerprint density at radius 2 is 1.96 bits per heavy atom. The van der Waals surface area contributed by atoms with E-state index in [1.807, 2.05) is 30.3 Å². The highest BCUT2D eigenvalue weighted by Crippen LogP contribution is 2.22. The van der Waals surface area contributed by atoms with Crippen molar-refractivity contribution in [2.45, 2.75) is 6.92 Å². The molecule has 0 fully saturated rings. The number of para-hydroxylation sites is 1. The summed E-state index contributed by atoms with van der Waals surface area (Å²) in [4.78, 5) is 11.0. The standard InChI is InChI=1S/C19H17N5O3S/c1-12-16(17(25)24(23-12)15-8-3-2-4-9-15)11-20-22-19(28)21-14-7-5-6-13(10-14)18(26)27/h2-11,25H,1H3,(H,26,27)(H2,21,22,28). The second-order valence-electron chi connectivity index (χ2n) is 5.78. The molecule has 1 heterocycles. The molecule has 4 N–H and O–H groups in total. The van der Waals surface area contributed by atoms with Crippen LogP contribution in [0.2, 0.25) is 0 Å². The first kappa shape index (κ1) is 19.1. The maximum Gasteiger partial charge on any atom is 0.335 e. The summed E-state index contributed by atoms with van der Waals surface area (Å²) < 4.78 is 1.42. The molecule has 1 aromatic heterocycles. The lowest BCUT2D eigenvalue weighted by molar-refractivity contribution is 0.0697. The van der Waals surface area contributed by atoms with Crippen molar-refractivity contribution in [3.05, 3.63) is 71.4 Å². The Morgan fingerprint density at radius 1 is 1.21 bits per heavy atom. The zero-order valence-corrected chi connectivity index (χ0v) is 15.6. The van der Waals surface area contributed by atoms with E-state index >= 15 is 0 Å². The van der Waals surface area contributed by atoms with E-state index in [-0.39, 0.29) is 16.6 Å². The van der Waals surface area contributed by atoms with Gasteiger partial charge in [-0.1, -0.05) is 24.3 Å². The topological polar surface area (TPSA) is 112 Å². The minimum absolute atomic E-state index is 0.0395. The monoisotopic (exact) mass is 395 g/mol. The number of rotatable bonds is 5. The molecular formula is C19H17N5O3S. The van der Waals surface area contributed by atoms with Crippen LogP contribution in [0.5, 0.6) is 5.88 Å². The summed E-state index contributed by atoms with van der Waals surface area (Å²) in [7, 11) is 0. The third kappa shape index (κ3) is 4.33. The Labute approximate surface area is 166 Å². The molecular weight excluding hydrogens is 378 g/mol. The molecule has 142 valence electrons. The van der Waals surface area contributed by atoms with Crippen LogP contribution in [0.3, 0.4) is 0 Å². The van der Waals surface area contributed by atoms with E-state index in [0.29, 0.717) is 16.9 Å². The number of aryl methyl sites for hydroxylation is 1. The van der Waals surface area contributed by atoms with Crippen molar-refractivity contribution in [2.24, 2.45) is 5.10 Å². The molecule has 3 rings (SSSR count). The first-order valence-corrected chi connectivity index (χ1v) is 8.64. The lowest BCUT2D eigenvalue weighted by Gasteiger charge is -2.07. The van der Waals surface area contributed by atoms with Gasteiger partial charge in [-0.25, -0.2) is 9.48 Å². The summed E-state index contributed by atoms with van der Waals surface area (Å²) in [6.45, 7) is 1.76. The molecule has 0 bridgehead atoms. The number of benzene rings is 2. The van der Waals surface area contributed by atoms with Gasteiger partial charge >= 0.3 is 5.97 Å². The van der Waals surface area contributed by atoms with Gasteiger partial charge < -0.3 is 15.5 Å². The molecule has 0 aliphatic carbocycles. The van der Waals surface area contributed by atoms with E-state index in [1.165, 1.54) is 23.0 Å². The van der Waals surface area contributed by atoms with E-state index in [0.717, 1.165) is 5.69 Å². The zero-order valence-electron chi connectivity index (χ0n) is 14.8. The fourth-order valence-corrected chi connectivity index (χ4v) is 2.64. The number of aromatic hydroxyl groups is 1. The van der Waals surface area contributed by atoms with Crippen LogP contribution >= 0.6 is 12.2 Å². The van der Waals surface area contributed by atoms with E-state index in [2.05, 4.69) is 20.9 Å². The van der Waals surface area contributed by atoms with Gasteiger partial charge in [0.05, 0.1) is 28.7 Å².